The molecule has 2 rings (SSSR count). The van der Waals surface area contributed by atoms with Crippen LogP contribution in [0.4, 0.5) is 0 Å². The van der Waals surface area contributed by atoms with Crippen molar-refractivity contribution in [2.75, 3.05) is 6.54 Å². The molecule has 106 valence electrons. The number of nitrogens with one attached hydrogen (secondary N) is 1. The van der Waals surface area contributed by atoms with E-state index in [-0.39, 0.29) is 11.8 Å². The van der Waals surface area contributed by atoms with Gasteiger partial charge in [-0.3, -0.25) is 9.59 Å². The van der Waals surface area contributed by atoms with Gasteiger partial charge in [-0.2, -0.15) is 0 Å². The predicted octanol–water partition coefficient (Wildman–Crippen LogP) is 1.86. The molecule has 0 aromatic carbocycles. The maximum atomic E-state index is 12.9. The first kappa shape index (κ1) is 14.1. The number of amides is 2. The Balaban J connectivity index is 2.42. The molecule has 1 unspecified atom stereocenters. The first-order valence-corrected chi connectivity index (χ1v) is 7.21. The first-order chi connectivity index (χ1) is 8.96. The zero-order valence-electron chi connectivity index (χ0n) is 12.2. The van der Waals surface area contributed by atoms with E-state index >= 15 is 0 Å². The summed E-state index contributed by atoms with van der Waals surface area (Å²) < 4.78 is 0. The van der Waals surface area contributed by atoms with E-state index in [4.69, 9.17) is 0 Å². The van der Waals surface area contributed by atoms with E-state index < -0.39 is 11.1 Å². The lowest BCUT2D eigenvalue weighted by Gasteiger charge is -2.51. The van der Waals surface area contributed by atoms with Gasteiger partial charge in [0.15, 0.2) is 0 Å². The van der Waals surface area contributed by atoms with Crippen LogP contribution >= 0.6 is 0 Å². The first-order valence-electron chi connectivity index (χ1n) is 7.21. The lowest BCUT2D eigenvalue weighted by molar-refractivity contribution is -0.163. The molecule has 0 aromatic rings. The SMILES string of the molecule is C=CCN1C(=O)C(CC)(CC)NC(=O)C1(C)C1CC1. The average Bonchev–Trinajstić information content (AvgIpc) is 3.24. The molecule has 1 saturated heterocycles. The smallest absolute Gasteiger partial charge is 0.249 e. The van der Waals surface area contributed by atoms with Crippen LogP contribution in [0.5, 0.6) is 0 Å². The van der Waals surface area contributed by atoms with Crippen molar-refractivity contribution >= 4 is 11.8 Å². The van der Waals surface area contributed by atoms with Crippen molar-refractivity contribution in [2.45, 2.75) is 57.5 Å². The van der Waals surface area contributed by atoms with E-state index in [2.05, 4.69) is 11.9 Å². The van der Waals surface area contributed by atoms with Crippen molar-refractivity contribution in [1.29, 1.82) is 0 Å². The molecule has 1 N–H and O–H groups in total. The predicted molar refractivity (Wildman–Crippen MR) is 74.5 cm³/mol. The molecule has 19 heavy (non-hydrogen) atoms. The topological polar surface area (TPSA) is 49.4 Å². The second-order valence-corrected chi connectivity index (χ2v) is 5.87. The molecule has 0 bridgehead atoms. The summed E-state index contributed by atoms with van der Waals surface area (Å²) in [6.45, 7) is 9.98. The molecule has 2 amide bonds. The van der Waals surface area contributed by atoms with Crippen molar-refractivity contribution in [3.63, 3.8) is 0 Å². The molecule has 4 heteroatoms. The van der Waals surface area contributed by atoms with Gasteiger partial charge in [0, 0.05) is 6.54 Å². The maximum absolute atomic E-state index is 12.9. The fourth-order valence-electron chi connectivity index (χ4n) is 3.17. The monoisotopic (exact) mass is 264 g/mol. The molecule has 2 fully saturated rings. The van der Waals surface area contributed by atoms with E-state index in [1.165, 1.54) is 0 Å². The van der Waals surface area contributed by atoms with Crippen molar-refractivity contribution in [3.05, 3.63) is 12.7 Å². The van der Waals surface area contributed by atoms with Gasteiger partial charge in [-0.05, 0) is 38.5 Å². The average molecular weight is 264 g/mol. The Hall–Kier alpha value is -1.32. The van der Waals surface area contributed by atoms with Crippen LogP contribution in [0.1, 0.15) is 46.5 Å². The lowest BCUT2D eigenvalue weighted by atomic mass is 9.80. The second kappa shape index (κ2) is 4.66. The molecule has 1 heterocycles. The number of hydrogen-bond acceptors (Lipinski definition) is 2. The summed E-state index contributed by atoms with van der Waals surface area (Å²) in [7, 11) is 0. The number of carbonyl (C=O) groups excluding carboxylic acids is 2. The molecule has 2 aliphatic rings. The molecule has 1 saturated carbocycles. The van der Waals surface area contributed by atoms with Gasteiger partial charge in [0.1, 0.15) is 11.1 Å². The molecule has 0 radical (unpaired) electrons. The zero-order valence-corrected chi connectivity index (χ0v) is 12.2. The van der Waals surface area contributed by atoms with Crippen molar-refractivity contribution in [1.82, 2.24) is 10.2 Å². The Morgan fingerprint density at radius 3 is 2.37 bits per heavy atom. The Bertz CT molecular complexity index is 410. The number of hydrogen-bond donors (Lipinski definition) is 1. The Morgan fingerprint density at radius 2 is 1.95 bits per heavy atom. The van der Waals surface area contributed by atoms with Crippen molar-refractivity contribution in [2.24, 2.45) is 5.92 Å². The summed E-state index contributed by atoms with van der Waals surface area (Å²) >= 11 is 0. The van der Waals surface area contributed by atoms with Crippen LogP contribution in [0.3, 0.4) is 0 Å². The van der Waals surface area contributed by atoms with Crippen LogP contribution in [-0.2, 0) is 9.59 Å². The van der Waals surface area contributed by atoms with Crippen LogP contribution in [0.2, 0.25) is 0 Å². The van der Waals surface area contributed by atoms with Gasteiger partial charge in [0.2, 0.25) is 11.8 Å². The lowest BCUT2D eigenvalue weighted by Crippen LogP contribution is -2.75. The van der Waals surface area contributed by atoms with E-state index in [1.807, 2.05) is 20.8 Å². The quantitative estimate of drug-likeness (QED) is 0.771. The minimum atomic E-state index is -0.728. The fourth-order valence-corrected chi connectivity index (χ4v) is 3.17. The minimum Gasteiger partial charge on any atom is -0.340 e. The largest absolute Gasteiger partial charge is 0.340 e. The van der Waals surface area contributed by atoms with Gasteiger partial charge in [0.05, 0.1) is 0 Å². The van der Waals surface area contributed by atoms with Crippen LogP contribution < -0.4 is 5.32 Å². The van der Waals surface area contributed by atoms with Crippen LogP contribution in [-0.4, -0.2) is 34.3 Å². The summed E-state index contributed by atoms with van der Waals surface area (Å²) in [5.74, 6) is 0.342. The van der Waals surface area contributed by atoms with Gasteiger partial charge in [-0.25, -0.2) is 0 Å². The highest BCUT2D eigenvalue weighted by Crippen LogP contribution is 2.46. The summed E-state index contributed by atoms with van der Waals surface area (Å²) in [6, 6.07) is 0. The molecule has 1 atom stereocenters. The number of nitrogens with zero attached hydrogens (tertiary/aromatic N) is 1. The molecule has 1 aliphatic heterocycles. The Kier molecular flexibility index (Phi) is 3.45. The third kappa shape index (κ3) is 1.88. The van der Waals surface area contributed by atoms with E-state index in [1.54, 1.807) is 11.0 Å². The van der Waals surface area contributed by atoms with Crippen molar-refractivity contribution < 1.29 is 9.59 Å². The van der Waals surface area contributed by atoms with E-state index in [0.717, 1.165) is 12.8 Å². The standard InChI is InChI=1S/C15H24N2O2/c1-5-10-17-13(19)15(6-2,7-3)16-12(18)14(17,4)11-8-9-11/h5,11H,1,6-10H2,2-4H3,(H,16,18). The molecular weight excluding hydrogens is 240 g/mol. The normalized spacial score (nSPS) is 30.2. The van der Waals surface area contributed by atoms with Crippen LogP contribution in [0.15, 0.2) is 12.7 Å². The Labute approximate surface area is 115 Å². The van der Waals surface area contributed by atoms with Gasteiger partial charge in [-0.15, -0.1) is 6.58 Å². The Morgan fingerprint density at radius 1 is 1.37 bits per heavy atom. The summed E-state index contributed by atoms with van der Waals surface area (Å²) in [4.78, 5) is 27.2. The third-order valence-corrected chi connectivity index (χ3v) is 4.92. The fraction of sp³-hybridized carbons (Fsp3) is 0.733. The maximum Gasteiger partial charge on any atom is 0.249 e. The molecule has 4 nitrogen and oxygen atoms in total. The molecule has 0 spiro atoms. The van der Waals surface area contributed by atoms with Gasteiger partial charge < -0.3 is 10.2 Å². The summed E-state index contributed by atoms with van der Waals surface area (Å²) in [6.07, 6.45) is 5.02. The molecular formula is C15H24N2O2. The van der Waals surface area contributed by atoms with E-state index in [0.29, 0.717) is 25.3 Å². The number of rotatable bonds is 5. The highest BCUT2D eigenvalue weighted by Gasteiger charge is 2.60. The van der Waals surface area contributed by atoms with Gasteiger partial charge in [-0.1, -0.05) is 19.9 Å². The summed E-state index contributed by atoms with van der Waals surface area (Å²) in [5.41, 5.74) is -1.42. The van der Waals surface area contributed by atoms with E-state index in [9.17, 15) is 9.59 Å². The van der Waals surface area contributed by atoms with Crippen molar-refractivity contribution in [3.8, 4) is 0 Å². The third-order valence-electron chi connectivity index (χ3n) is 4.92. The van der Waals surface area contributed by atoms with Gasteiger partial charge in [0.25, 0.3) is 0 Å². The van der Waals surface area contributed by atoms with Crippen LogP contribution in [0.25, 0.3) is 0 Å². The number of piperazine rings is 1. The highest BCUT2D eigenvalue weighted by atomic mass is 16.2. The number of carbonyl (C=O) groups is 2. The molecule has 1 aliphatic carbocycles. The van der Waals surface area contributed by atoms with Crippen LogP contribution in [0, 0.1) is 5.92 Å². The zero-order chi connectivity index (χ0) is 14.3. The second-order valence-electron chi connectivity index (χ2n) is 5.87. The highest BCUT2D eigenvalue weighted by molar-refractivity contribution is 6.02. The van der Waals surface area contributed by atoms with Gasteiger partial charge >= 0.3 is 0 Å². The minimum absolute atomic E-state index is 0.000139. The molecule has 0 aromatic heterocycles. The summed E-state index contributed by atoms with van der Waals surface area (Å²) in [5, 5.41) is 3.01.